The Kier molecular flexibility index (Phi) is 4.65. The molecule has 0 unspecified atom stereocenters. The Morgan fingerprint density at radius 3 is 2.81 bits per heavy atom. The van der Waals surface area contributed by atoms with E-state index in [9.17, 15) is 4.79 Å². The van der Waals surface area contributed by atoms with Crippen molar-refractivity contribution in [2.75, 3.05) is 31.1 Å². The maximum Gasteiger partial charge on any atom is 0.276 e. The number of carbonyl (C=O) groups excluding carboxylic acids is 1. The Morgan fingerprint density at radius 1 is 1.27 bits per heavy atom. The molecule has 0 spiro atoms. The van der Waals surface area contributed by atoms with Gasteiger partial charge in [-0.15, -0.1) is 0 Å². The van der Waals surface area contributed by atoms with Crippen molar-refractivity contribution in [2.24, 2.45) is 5.92 Å². The molecule has 1 atom stereocenters. The Morgan fingerprint density at radius 2 is 2.04 bits per heavy atom. The predicted octanol–water partition coefficient (Wildman–Crippen LogP) is 3.72. The minimum absolute atomic E-state index is 0.00608. The molecule has 2 aromatic rings. The van der Waals surface area contributed by atoms with E-state index in [-0.39, 0.29) is 5.91 Å². The Balaban J connectivity index is 1.46. The van der Waals surface area contributed by atoms with E-state index in [0.717, 1.165) is 54.4 Å². The molecule has 1 saturated heterocycles. The summed E-state index contributed by atoms with van der Waals surface area (Å²) in [6, 6.07) is 5.96. The van der Waals surface area contributed by atoms with Gasteiger partial charge in [0.05, 0.1) is 0 Å². The lowest BCUT2D eigenvalue weighted by Gasteiger charge is -2.36. The van der Waals surface area contributed by atoms with Gasteiger partial charge in [0.1, 0.15) is 5.76 Å². The molecule has 1 aromatic heterocycles. The summed E-state index contributed by atoms with van der Waals surface area (Å²) in [6.07, 6.45) is 2.88. The third-order valence-electron chi connectivity index (χ3n) is 5.57. The zero-order chi connectivity index (χ0) is 18.3. The summed E-state index contributed by atoms with van der Waals surface area (Å²) < 4.78 is 5.44. The van der Waals surface area contributed by atoms with E-state index >= 15 is 0 Å². The monoisotopic (exact) mass is 373 g/mol. The average molecular weight is 374 g/mol. The zero-order valence-corrected chi connectivity index (χ0v) is 16.1. The molecule has 2 aliphatic rings. The number of carbonyl (C=O) groups is 1. The van der Waals surface area contributed by atoms with Crippen molar-refractivity contribution in [1.29, 1.82) is 0 Å². The van der Waals surface area contributed by atoms with E-state index in [1.54, 1.807) is 0 Å². The molecule has 138 valence electrons. The Bertz CT molecular complexity index is 824. The highest BCUT2D eigenvalue weighted by Crippen LogP contribution is 2.29. The number of aryl methyl sites for hydroxylation is 2. The number of anilines is 1. The van der Waals surface area contributed by atoms with Crippen LogP contribution in [0.3, 0.4) is 0 Å². The van der Waals surface area contributed by atoms with Gasteiger partial charge < -0.3 is 14.3 Å². The lowest BCUT2D eigenvalue weighted by atomic mass is 9.88. The van der Waals surface area contributed by atoms with Gasteiger partial charge in [0, 0.05) is 48.9 Å². The average Bonchev–Trinajstić information content (AvgIpc) is 3.06. The van der Waals surface area contributed by atoms with Gasteiger partial charge in [-0.2, -0.15) is 0 Å². The first-order valence-corrected chi connectivity index (χ1v) is 9.68. The molecule has 2 heterocycles. The summed E-state index contributed by atoms with van der Waals surface area (Å²) in [6.45, 7) is 7.26. The van der Waals surface area contributed by atoms with Crippen LogP contribution in [0.25, 0.3) is 0 Å². The number of halogens is 1. The van der Waals surface area contributed by atoms with Crippen molar-refractivity contribution in [2.45, 2.75) is 33.1 Å². The number of benzene rings is 1. The lowest BCUT2D eigenvalue weighted by molar-refractivity contribution is 0.0735. The molecule has 0 saturated carbocycles. The van der Waals surface area contributed by atoms with Gasteiger partial charge in [-0.05, 0) is 43.4 Å². The van der Waals surface area contributed by atoms with Crippen LogP contribution in [0.4, 0.5) is 5.69 Å². The maximum absolute atomic E-state index is 13.0. The van der Waals surface area contributed by atoms with Crippen LogP contribution >= 0.6 is 11.6 Å². The number of rotatable bonds is 2. The van der Waals surface area contributed by atoms with Gasteiger partial charge in [0.2, 0.25) is 0 Å². The first kappa shape index (κ1) is 17.4. The van der Waals surface area contributed by atoms with Crippen molar-refractivity contribution in [3.05, 3.63) is 45.8 Å². The molecule has 5 nitrogen and oxygen atoms in total. The highest BCUT2D eigenvalue weighted by Gasteiger charge is 2.31. The SMILES string of the molecule is Cc1ccc(Cl)cc1N1CCN(C(=O)c2noc3c2C[C@H](C)CC3)CC1. The molecule has 6 heteroatoms. The molecule has 0 bridgehead atoms. The van der Waals surface area contributed by atoms with E-state index in [1.165, 1.54) is 5.56 Å². The van der Waals surface area contributed by atoms with Gasteiger partial charge in [0.15, 0.2) is 5.69 Å². The van der Waals surface area contributed by atoms with E-state index in [1.807, 2.05) is 23.1 Å². The second-order valence-corrected chi connectivity index (χ2v) is 7.93. The van der Waals surface area contributed by atoms with Gasteiger partial charge in [-0.1, -0.05) is 29.7 Å². The number of piperazine rings is 1. The first-order valence-electron chi connectivity index (χ1n) is 9.30. The predicted molar refractivity (Wildman–Crippen MR) is 102 cm³/mol. The van der Waals surface area contributed by atoms with E-state index in [0.29, 0.717) is 24.7 Å². The van der Waals surface area contributed by atoms with E-state index in [2.05, 4.69) is 23.9 Å². The van der Waals surface area contributed by atoms with Crippen molar-refractivity contribution in [3.8, 4) is 0 Å². The quantitative estimate of drug-likeness (QED) is 0.804. The molecule has 26 heavy (non-hydrogen) atoms. The molecular weight excluding hydrogens is 350 g/mol. The standard InChI is InChI=1S/C20H24ClN3O2/c1-13-3-6-18-16(11-13)19(22-26-18)20(25)24-9-7-23(8-10-24)17-12-15(21)5-4-14(17)2/h4-5,12-13H,3,6-11H2,1-2H3/t13-/m1/s1. The molecule has 0 radical (unpaired) electrons. The van der Waals surface area contributed by atoms with E-state index in [4.69, 9.17) is 16.1 Å². The number of aromatic nitrogens is 1. The molecule has 1 aliphatic carbocycles. The summed E-state index contributed by atoms with van der Waals surface area (Å²) in [5.41, 5.74) is 3.91. The highest BCUT2D eigenvalue weighted by atomic mass is 35.5. The fourth-order valence-electron chi connectivity index (χ4n) is 3.97. The van der Waals surface area contributed by atoms with Gasteiger partial charge >= 0.3 is 0 Å². The van der Waals surface area contributed by atoms with Crippen LogP contribution in [0.1, 0.15) is 40.7 Å². The van der Waals surface area contributed by atoms with Crippen molar-refractivity contribution < 1.29 is 9.32 Å². The highest BCUT2D eigenvalue weighted by molar-refractivity contribution is 6.30. The van der Waals surface area contributed by atoms with Crippen LogP contribution in [0.15, 0.2) is 22.7 Å². The summed E-state index contributed by atoms with van der Waals surface area (Å²) in [5.74, 6) is 1.49. The minimum atomic E-state index is 0.00608. The summed E-state index contributed by atoms with van der Waals surface area (Å²) in [4.78, 5) is 17.2. The normalized spacial score (nSPS) is 20.2. The molecule has 0 N–H and O–H groups in total. The second kappa shape index (κ2) is 6.95. The molecular formula is C20H24ClN3O2. The van der Waals surface area contributed by atoms with Gasteiger partial charge in [-0.25, -0.2) is 0 Å². The van der Waals surface area contributed by atoms with Gasteiger partial charge in [-0.3, -0.25) is 4.79 Å². The van der Waals surface area contributed by atoms with Crippen molar-refractivity contribution in [3.63, 3.8) is 0 Å². The third-order valence-corrected chi connectivity index (χ3v) is 5.80. The summed E-state index contributed by atoms with van der Waals surface area (Å²) in [7, 11) is 0. The molecule has 1 aliphatic heterocycles. The third kappa shape index (κ3) is 3.20. The number of hydrogen-bond donors (Lipinski definition) is 0. The summed E-state index contributed by atoms with van der Waals surface area (Å²) >= 11 is 6.15. The number of fused-ring (bicyclic) bond motifs is 1. The molecule has 1 fully saturated rings. The fraction of sp³-hybridized carbons (Fsp3) is 0.500. The first-order chi connectivity index (χ1) is 12.5. The fourth-order valence-corrected chi connectivity index (χ4v) is 4.14. The van der Waals surface area contributed by atoms with Crippen LogP contribution in [0.2, 0.25) is 5.02 Å². The number of nitrogens with zero attached hydrogens (tertiary/aromatic N) is 3. The smallest absolute Gasteiger partial charge is 0.276 e. The second-order valence-electron chi connectivity index (χ2n) is 7.49. The maximum atomic E-state index is 13.0. The van der Waals surface area contributed by atoms with Crippen LogP contribution in [-0.2, 0) is 12.8 Å². The summed E-state index contributed by atoms with van der Waals surface area (Å²) in [5, 5.41) is 4.86. The number of amides is 1. The largest absolute Gasteiger partial charge is 0.368 e. The van der Waals surface area contributed by atoms with E-state index < -0.39 is 0 Å². The van der Waals surface area contributed by atoms with Crippen LogP contribution in [-0.4, -0.2) is 42.1 Å². The van der Waals surface area contributed by atoms with Crippen molar-refractivity contribution >= 4 is 23.2 Å². The Labute approximate surface area is 158 Å². The Hall–Kier alpha value is -2.01. The van der Waals surface area contributed by atoms with Crippen LogP contribution in [0.5, 0.6) is 0 Å². The van der Waals surface area contributed by atoms with Crippen LogP contribution < -0.4 is 4.90 Å². The molecule has 1 aromatic carbocycles. The molecule has 4 rings (SSSR count). The van der Waals surface area contributed by atoms with Gasteiger partial charge in [0.25, 0.3) is 5.91 Å². The minimum Gasteiger partial charge on any atom is -0.368 e. The van der Waals surface area contributed by atoms with Crippen LogP contribution in [0, 0.1) is 12.8 Å². The zero-order valence-electron chi connectivity index (χ0n) is 15.3. The number of hydrogen-bond acceptors (Lipinski definition) is 4. The molecule has 1 amide bonds. The van der Waals surface area contributed by atoms with Crippen molar-refractivity contribution in [1.82, 2.24) is 10.1 Å². The lowest BCUT2D eigenvalue weighted by Crippen LogP contribution is -2.49. The topological polar surface area (TPSA) is 49.6 Å².